The highest BCUT2D eigenvalue weighted by atomic mass is 16.2. The molecule has 0 saturated heterocycles. The molecule has 0 aliphatic heterocycles. The molecular weight excluding hydrogens is 178 g/mol. The molecule has 80 valence electrons. The maximum atomic E-state index is 11.6. The molecule has 0 spiro atoms. The van der Waals surface area contributed by atoms with Gasteiger partial charge in [0.05, 0.1) is 18.0 Å². The number of hydrogen-bond donors (Lipinski definition) is 1. The minimum atomic E-state index is -0.467. The molecule has 0 bridgehead atoms. The van der Waals surface area contributed by atoms with E-state index < -0.39 is 6.04 Å². The number of likely N-dealkylation sites (N-methyl/N-ethyl adjacent to an activating group) is 1. The fourth-order valence-electron chi connectivity index (χ4n) is 1.08. The monoisotopic (exact) mass is 197 g/mol. The normalized spacial score (nSPS) is 14.6. The lowest BCUT2D eigenvalue weighted by Crippen LogP contribution is -2.45. The van der Waals surface area contributed by atoms with Gasteiger partial charge in [-0.2, -0.15) is 5.26 Å². The van der Waals surface area contributed by atoms with E-state index in [1.165, 1.54) is 4.90 Å². The van der Waals surface area contributed by atoms with Crippen molar-refractivity contribution < 1.29 is 4.79 Å². The molecule has 1 unspecified atom stereocenters. The number of nitrogens with zero attached hydrogens (tertiary/aromatic N) is 2. The third kappa shape index (κ3) is 3.75. The Morgan fingerprint density at radius 2 is 2.00 bits per heavy atom. The smallest absolute Gasteiger partial charge is 0.239 e. The molecule has 0 aromatic rings. The van der Waals surface area contributed by atoms with Gasteiger partial charge < -0.3 is 10.6 Å². The third-order valence-electron chi connectivity index (χ3n) is 2.15. The lowest BCUT2D eigenvalue weighted by molar-refractivity contribution is -0.132. The van der Waals surface area contributed by atoms with Gasteiger partial charge in [0.2, 0.25) is 5.91 Å². The van der Waals surface area contributed by atoms with E-state index in [1.807, 2.05) is 13.8 Å². The van der Waals surface area contributed by atoms with Gasteiger partial charge in [0.25, 0.3) is 0 Å². The molecule has 4 nitrogen and oxygen atoms in total. The van der Waals surface area contributed by atoms with Gasteiger partial charge in [-0.15, -0.1) is 0 Å². The van der Waals surface area contributed by atoms with Crippen LogP contribution in [-0.4, -0.2) is 30.4 Å². The summed E-state index contributed by atoms with van der Waals surface area (Å²) in [7, 11) is 1.68. The molecular formula is C10H19N3O. The average Bonchev–Trinajstić information content (AvgIpc) is 2.14. The Morgan fingerprint density at radius 3 is 2.36 bits per heavy atom. The molecule has 2 atom stereocenters. The van der Waals surface area contributed by atoms with Crippen LogP contribution >= 0.6 is 0 Å². The Balaban J connectivity index is 4.20. The van der Waals surface area contributed by atoms with E-state index in [-0.39, 0.29) is 17.7 Å². The maximum absolute atomic E-state index is 11.6. The summed E-state index contributed by atoms with van der Waals surface area (Å²) in [4.78, 5) is 13.2. The fraction of sp³-hybridized carbons (Fsp3) is 0.800. The molecule has 0 aromatic heterocycles. The quantitative estimate of drug-likeness (QED) is 0.717. The summed E-state index contributed by atoms with van der Waals surface area (Å²) in [6.45, 7) is 6.04. The summed E-state index contributed by atoms with van der Waals surface area (Å²) in [6, 6.07) is 1.62. The molecule has 0 fully saturated rings. The molecule has 0 radical (unpaired) electrons. The van der Waals surface area contributed by atoms with Crippen LogP contribution in [0.4, 0.5) is 0 Å². The highest BCUT2D eigenvalue weighted by molar-refractivity contribution is 5.81. The first-order chi connectivity index (χ1) is 6.40. The molecule has 0 saturated carbocycles. The van der Waals surface area contributed by atoms with E-state index in [1.54, 1.807) is 14.0 Å². The Hall–Kier alpha value is -1.08. The van der Waals surface area contributed by atoms with Gasteiger partial charge in [-0.05, 0) is 12.8 Å². The first-order valence-electron chi connectivity index (χ1n) is 4.80. The van der Waals surface area contributed by atoms with Crippen molar-refractivity contribution >= 4 is 5.91 Å². The Labute approximate surface area is 85.7 Å². The molecule has 0 aliphatic rings. The van der Waals surface area contributed by atoms with Gasteiger partial charge in [0, 0.05) is 13.6 Å². The second-order valence-electron chi connectivity index (χ2n) is 4.02. The van der Waals surface area contributed by atoms with Crippen LogP contribution in [0.2, 0.25) is 0 Å². The highest BCUT2D eigenvalue weighted by Crippen LogP contribution is 2.04. The minimum Gasteiger partial charge on any atom is -0.343 e. The van der Waals surface area contributed by atoms with Crippen molar-refractivity contribution in [1.29, 1.82) is 5.26 Å². The van der Waals surface area contributed by atoms with Crippen LogP contribution in [0.5, 0.6) is 0 Å². The van der Waals surface area contributed by atoms with Crippen LogP contribution in [0.15, 0.2) is 0 Å². The number of amides is 1. The van der Waals surface area contributed by atoms with Gasteiger partial charge in [-0.1, -0.05) is 13.8 Å². The van der Waals surface area contributed by atoms with Crippen molar-refractivity contribution in [2.45, 2.75) is 26.8 Å². The number of rotatable bonds is 4. The van der Waals surface area contributed by atoms with E-state index in [0.29, 0.717) is 6.54 Å². The summed E-state index contributed by atoms with van der Waals surface area (Å²) in [6.07, 6.45) is 0. The molecule has 1 amide bonds. The molecule has 4 heteroatoms. The lowest BCUT2D eigenvalue weighted by atomic mass is 10.0. The summed E-state index contributed by atoms with van der Waals surface area (Å²) in [5, 5.41) is 8.59. The van der Waals surface area contributed by atoms with Gasteiger partial charge in [-0.3, -0.25) is 4.79 Å². The zero-order valence-corrected chi connectivity index (χ0v) is 9.32. The van der Waals surface area contributed by atoms with E-state index in [2.05, 4.69) is 6.07 Å². The van der Waals surface area contributed by atoms with Crippen molar-refractivity contribution in [3.63, 3.8) is 0 Å². The largest absolute Gasteiger partial charge is 0.343 e. The molecule has 0 rings (SSSR count). The topological polar surface area (TPSA) is 70.1 Å². The third-order valence-corrected chi connectivity index (χ3v) is 2.15. The Bertz CT molecular complexity index is 232. The summed E-state index contributed by atoms with van der Waals surface area (Å²) < 4.78 is 0. The second-order valence-corrected chi connectivity index (χ2v) is 4.02. The number of nitriles is 1. The molecule has 14 heavy (non-hydrogen) atoms. The summed E-state index contributed by atoms with van der Waals surface area (Å²) in [5.41, 5.74) is 5.70. The Morgan fingerprint density at radius 1 is 1.50 bits per heavy atom. The van der Waals surface area contributed by atoms with Crippen molar-refractivity contribution in [3.8, 4) is 6.07 Å². The van der Waals surface area contributed by atoms with E-state index in [4.69, 9.17) is 11.0 Å². The van der Waals surface area contributed by atoms with Crippen LogP contribution in [0, 0.1) is 23.2 Å². The number of hydrogen-bond acceptors (Lipinski definition) is 3. The van der Waals surface area contributed by atoms with Crippen LogP contribution in [-0.2, 0) is 4.79 Å². The number of nitrogens with two attached hydrogens (primary N) is 1. The molecule has 2 N–H and O–H groups in total. The molecule has 0 heterocycles. The summed E-state index contributed by atoms with van der Waals surface area (Å²) in [5.74, 6) is -0.118. The van der Waals surface area contributed by atoms with Crippen molar-refractivity contribution in [2.75, 3.05) is 13.6 Å². The zero-order chi connectivity index (χ0) is 11.3. The average molecular weight is 197 g/mol. The zero-order valence-electron chi connectivity index (χ0n) is 9.32. The predicted molar refractivity (Wildman–Crippen MR) is 55.2 cm³/mol. The standard InChI is InChI=1S/C10H19N3O/c1-7(2)9(12)10(14)13(4)6-8(3)5-11/h7-9H,6,12H2,1-4H3/t8?,9-/m0/s1. The van der Waals surface area contributed by atoms with E-state index >= 15 is 0 Å². The van der Waals surface area contributed by atoms with Crippen molar-refractivity contribution in [2.24, 2.45) is 17.6 Å². The summed E-state index contributed by atoms with van der Waals surface area (Å²) >= 11 is 0. The van der Waals surface area contributed by atoms with Gasteiger partial charge >= 0.3 is 0 Å². The maximum Gasteiger partial charge on any atom is 0.239 e. The second kappa shape index (κ2) is 5.61. The lowest BCUT2D eigenvalue weighted by Gasteiger charge is -2.24. The van der Waals surface area contributed by atoms with Gasteiger partial charge in [-0.25, -0.2) is 0 Å². The van der Waals surface area contributed by atoms with Crippen LogP contribution < -0.4 is 5.73 Å². The predicted octanol–water partition coefficient (Wildman–Crippen LogP) is 0.588. The highest BCUT2D eigenvalue weighted by Gasteiger charge is 2.21. The van der Waals surface area contributed by atoms with Crippen LogP contribution in [0.3, 0.4) is 0 Å². The molecule has 0 aromatic carbocycles. The molecule has 0 aliphatic carbocycles. The van der Waals surface area contributed by atoms with Crippen molar-refractivity contribution in [3.05, 3.63) is 0 Å². The first kappa shape index (κ1) is 12.9. The Kier molecular flexibility index (Phi) is 5.18. The van der Waals surface area contributed by atoms with Crippen LogP contribution in [0.1, 0.15) is 20.8 Å². The van der Waals surface area contributed by atoms with Gasteiger partial charge in [0.1, 0.15) is 0 Å². The van der Waals surface area contributed by atoms with Crippen LogP contribution in [0.25, 0.3) is 0 Å². The van der Waals surface area contributed by atoms with Gasteiger partial charge in [0.15, 0.2) is 0 Å². The minimum absolute atomic E-state index is 0.0953. The van der Waals surface area contributed by atoms with E-state index in [0.717, 1.165) is 0 Å². The number of carbonyl (C=O) groups is 1. The van der Waals surface area contributed by atoms with Crippen molar-refractivity contribution in [1.82, 2.24) is 4.90 Å². The number of carbonyl (C=O) groups excluding carboxylic acids is 1. The first-order valence-corrected chi connectivity index (χ1v) is 4.80. The SMILES string of the molecule is CC(C#N)CN(C)C(=O)[C@@H](N)C(C)C. The van der Waals surface area contributed by atoms with E-state index in [9.17, 15) is 4.79 Å². The fourth-order valence-corrected chi connectivity index (χ4v) is 1.08.